The van der Waals surface area contributed by atoms with Gasteiger partial charge in [-0.15, -0.1) is 0 Å². The van der Waals surface area contributed by atoms with Gasteiger partial charge in [0.2, 0.25) is 10.0 Å². The number of nitrogens with zero attached hydrogens (tertiary/aromatic N) is 2. The van der Waals surface area contributed by atoms with Gasteiger partial charge in [-0.2, -0.15) is 4.31 Å². The highest BCUT2D eigenvalue weighted by atomic mass is 32.2. The van der Waals surface area contributed by atoms with Crippen LogP contribution < -0.4 is 0 Å². The number of rotatable bonds is 6. The van der Waals surface area contributed by atoms with Gasteiger partial charge in [0.25, 0.3) is 5.69 Å². The van der Waals surface area contributed by atoms with E-state index >= 15 is 0 Å². The molecule has 0 aliphatic rings. The van der Waals surface area contributed by atoms with Crippen molar-refractivity contribution in [2.45, 2.75) is 18.7 Å². The van der Waals surface area contributed by atoms with E-state index < -0.39 is 14.9 Å². The molecule has 0 saturated carbocycles. The van der Waals surface area contributed by atoms with E-state index in [9.17, 15) is 18.5 Å². The molecule has 1 N–H and O–H groups in total. The maximum absolute atomic E-state index is 12.3. The minimum atomic E-state index is -3.83. The normalized spacial score (nSPS) is 11.8. The molecule has 0 atom stereocenters. The summed E-state index contributed by atoms with van der Waals surface area (Å²) in [5.41, 5.74) is -0.134. The van der Waals surface area contributed by atoms with Crippen LogP contribution in [-0.4, -0.2) is 42.4 Å². The number of aliphatic hydroxyl groups excluding tert-OH is 1. The second-order valence-electron chi connectivity index (χ2n) is 3.88. The molecule has 0 heterocycles. The number of likely N-dealkylation sites (N-methyl/N-ethyl adjacent to an activating group) is 1. The molecular weight excluding hydrogens is 272 g/mol. The van der Waals surface area contributed by atoms with Crippen LogP contribution >= 0.6 is 0 Å². The van der Waals surface area contributed by atoms with Crippen LogP contribution in [0.3, 0.4) is 0 Å². The van der Waals surface area contributed by atoms with Gasteiger partial charge in [0.15, 0.2) is 0 Å². The van der Waals surface area contributed by atoms with Crippen LogP contribution in [0.5, 0.6) is 0 Å². The predicted octanol–water partition coefficient (Wildman–Crippen LogP) is 0.906. The van der Waals surface area contributed by atoms with Crippen molar-refractivity contribution in [3.63, 3.8) is 0 Å². The first-order valence-corrected chi connectivity index (χ1v) is 7.15. The molecular formula is C11H16N2O5S. The zero-order valence-electron chi connectivity index (χ0n) is 10.7. The lowest BCUT2D eigenvalue weighted by Gasteiger charge is -2.20. The Balaban J connectivity index is 3.37. The molecule has 0 spiro atoms. The Morgan fingerprint density at radius 2 is 2.05 bits per heavy atom. The summed E-state index contributed by atoms with van der Waals surface area (Å²) in [4.78, 5) is 10.1. The lowest BCUT2D eigenvalue weighted by atomic mass is 10.2. The second-order valence-corrected chi connectivity index (χ2v) is 5.78. The van der Waals surface area contributed by atoms with E-state index in [0.29, 0.717) is 0 Å². The Morgan fingerprint density at radius 1 is 1.42 bits per heavy atom. The molecule has 0 aliphatic heterocycles. The summed E-state index contributed by atoms with van der Waals surface area (Å²) >= 11 is 0. The van der Waals surface area contributed by atoms with E-state index in [-0.39, 0.29) is 35.8 Å². The van der Waals surface area contributed by atoms with E-state index in [1.54, 1.807) is 6.92 Å². The topological polar surface area (TPSA) is 101 Å². The summed E-state index contributed by atoms with van der Waals surface area (Å²) in [6, 6.07) is 3.93. The molecule has 1 aromatic rings. The smallest absolute Gasteiger partial charge is 0.273 e. The summed E-state index contributed by atoms with van der Waals surface area (Å²) in [5, 5.41) is 19.7. The number of nitro groups is 1. The second kappa shape index (κ2) is 6.09. The third-order valence-electron chi connectivity index (χ3n) is 2.77. The van der Waals surface area contributed by atoms with Crippen molar-refractivity contribution in [1.82, 2.24) is 4.31 Å². The van der Waals surface area contributed by atoms with E-state index in [1.165, 1.54) is 25.1 Å². The van der Waals surface area contributed by atoms with Gasteiger partial charge in [-0.05, 0) is 13.0 Å². The molecule has 0 amide bonds. The first kappa shape index (κ1) is 15.5. The number of hydrogen-bond acceptors (Lipinski definition) is 5. The van der Waals surface area contributed by atoms with Gasteiger partial charge >= 0.3 is 0 Å². The average Bonchev–Trinajstić information content (AvgIpc) is 2.35. The van der Waals surface area contributed by atoms with E-state index in [4.69, 9.17) is 5.11 Å². The van der Waals surface area contributed by atoms with Crippen LogP contribution in [0.1, 0.15) is 12.5 Å². The zero-order valence-corrected chi connectivity index (χ0v) is 11.6. The molecule has 106 valence electrons. The number of sulfonamides is 1. The van der Waals surface area contributed by atoms with Crippen molar-refractivity contribution < 1.29 is 18.4 Å². The molecule has 19 heavy (non-hydrogen) atoms. The van der Waals surface area contributed by atoms with Gasteiger partial charge in [0, 0.05) is 24.7 Å². The average molecular weight is 288 g/mol. The fourth-order valence-electron chi connectivity index (χ4n) is 1.78. The Kier molecular flexibility index (Phi) is 4.98. The first-order valence-electron chi connectivity index (χ1n) is 5.71. The molecule has 0 unspecified atom stereocenters. The Labute approximate surface area is 111 Å². The van der Waals surface area contributed by atoms with E-state index in [0.717, 1.165) is 4.31 Å². The van der Waals surface area contributed by atoms with Crippen molar-refractivity contribution in [2.24, 2.45) is 0 Å². The fraction of sp³-hybridized carbons (Fsp3) is 0.455. The molecule has 8 heteroatoms. The third-order valence-corrected chi connectivity index (χ3v) is 4.89. The molecule has 0 radical (unpaired) electrons. The Morgan fingerprint density at radius 3 is 2.53 bits per heavy atom. The standard InChI is InChI=1S/C11H16N2O5S/c1-3-12(7-8-14)19(17,18)11-6-4-5-10(9(11)2)13(15)16/h4-6,14H,3,7-8H2,1-2H3. The SMILES string of the molecule is CCN(CCO)S(=O)(=O)c1cccc([N+](=O)[O-])c1C. The molecule has 0 saturated heterocycles. The monoisotopic (exact) mass is 288 g/mol. The summed E-state index contributed by atoms with van der Waals surface area (Å²) in [6.07, 6.45) is 0. The molecule has 0 aliphatic carbocycles. The van der Waals surface area contributed by atoms with Crippen LogP contribution in [-0.2, 0) is 10.0 Å². The molecule has 0 bridgehead atoms. The number of aliphatic hydroxyl groups is 1. The van der Waals surface area contributed by atoms with Crippen LogP contribution in [0.15, 0.2) is 23.1 Å². The molecule has 1 rings (SSSR count). The summed E-state index contributed by atoms with van der Waals surface area (Å²) in [5.74, 6) is 0. The van der Waals surface area contributed by atoms with Crippen molar-refractivity contribution in [1.29, 1.82) is 0 Å². The van der Waals surface area contributed by atoms with E-state index in [1.807, 2.05) is 0 Å². The Hall–Kier alpha value is -1.51. The van der Waals surface area contributed by atoms with Gasteiger partial charge < -0.3 is 5.11 Å². The molecule has 1 aromatic carbocycles. The minimum absolute atomic E-state index is 0.0407. The number of hydrogen-bond donors (Lipinski definition) is 1. The highest BCUT2D eigenvalue weighted by Gasteiger charge is 2.27. The van der Waals surface area contributed by atoms with Gasteiger partial charge in [0.1, 0.15) is 0 Å². The number of benzene rings is 1. The highest BCUT2D eigenvalue weighted by molar-refractivity contribution is 7.89. The Bertz CT molecular complexity index is 570. The zero-order chi connectivity index (χ0) is 14.6. The molecule has 0 fully saturated rings. The lowest BCUT2D eigenvalue weighted by molar-refractivity contribution is -0.385. The van der Waals surface area contributed by atoms with Crippen molar-refractivity contribution in [3.05, 3.63) is 33.9 Å². The highest BCUT2D eigenvalue weighted by Crippen LogP contribution is 2.26. The molecule has 7 nitrogen and oxygen atoms in total. The van der Waals surface area contributed by atoms with Crippen molar-refractivity contribution in [3.8, 4) is 0 Å². The van der Waals surface area contributed by atoms with Gasteiger partial charge in [-0.25, -0.2) is 8.42 Å². The lowest BCUT2D eigenvalue weighted by Crippen LogP contribution is -2.33. The summed E-state index contributed by atoms with van der Waals surface area (Å²) in [7, 11) is -3.83. The van der Waals surface area contributed by atoms with Crippen molar-refractivity contribution >= 4 is 15.7 Å². The van der Waals surface area contributed by atoms with Crippen molar-refractivity contribution in [2.75, 3.05) is 19.7 Å². The minimum Gasteiger partial charge on any atom is -0.395 e. The quantitative estimate of drug-likeness (QED) is 0.619. The molecule has 0 aromatic heterocycles. The first-order chi connectivity index (χ1) is 8.86. The third kappa shape index (κ3) is 3.09. The maximum Gasteiger partial charge on any atom is 0.273 e. The maximum atomic E-state index is 12.3. The van der Waals surface area contributed by atoms with Crippen LogP contribution in [0.25, 0.3) is 0 Å². The van der Waals surface area contributed by atoms with Crippen LogP contribution in [0.2, 0.25) is 0 Å². The summed E-state index contributed by atoms with van der Waals surface area (Å²) in [6.45, 7) is 2.88. The summed E-state index contributed by atoms with van der Waals surface area (Å²) < 4.78 is 25.8. The predicted molar refractivity (Wildman–Crippen MR) is 69.4 cm³/mol. The fourth-order valence-corrected chi connectivity index (χ4v) is 3.46. The van der Waals surface area contributed by atoms with Gasteiger partial charge in [0.05, 0.1) is 16.4 Å². The van der Waals surface area contributed by atoms with Crippen LogP contribution in [0, 0.1) is 17.0 Å². The number of nitro benzene ring substituents is 1. The van der Waals surface area contributed by atoms with Crippen LogP contribution in [0.4, 0.5) is 5.69 Å². The van der Waals surface area contributed by atoms with E-state index in [2.05, 4.69) is 0 Å². The largest absolute Gasteiger partial charge is 0.395 e. The van der Waals surface area contributed by atoms with Gasteiger partial charge in [-0.3, -0.25) is 10.1 Å². The van der Waals surface area contributed by atoms with Gasteiger partial charge in [-0.1, -0.05) is 13.0 Å².